The van der Waals surface area contributed by atoms with Crippen molar-refractivity contribution in [1.82, 2.24) is 0 Å². The second-order valence-electron chi connectivity index (χ2n) is 9.01. The number of aryl methyl sites for hydroxylation is 1. The molecule has 2 rings (SSSR count). The van der Waals surface area contributed by atoms with Crippen LogP contribution in [0.5, 0.6) is 11.5 Å². The SMILES string of the molecule is CCCCCc1cc(OP(C)(C)=O)c(C2C=C(C)CCC2)c(OP(C)(=O)OCCC)c1. The minimum absolute atomic E-state index is 0.0705. The van der Waals surface area contributed by atoms with Gasteiger partial charge in [0.1, 0.15) is 11.5 Å². The molecule has 0 heterocycles. The highest BCUT2D eigenvalue weighted by atomic mass is 31.2. The maximum atomic E-state index is 13.1. The van der Waals surface area contributed by atoms with Gasteiger partial charge in [-0.05, 0) is 63.1 Å². The van der Waals surface area contributed by atoms with E-state index in [-0.39, 0.29) is 5.92 Å². The van der Waals surface area contributed by atoms with Gasteiger partial charge in [-0.1, -0.05) is 38.3 Å². The molecule has 0 aliphatic heterocycles. The smallest absolute Gasteiger partial charge is 0.376 e. The maximum Gasteiger partial charge on any atom is 0.376 e. The van der Waals surface area contributed by atoms with Gasteiger partial charge in [0.05, 0.1) is 6.61 Å². The van der Waals surface area contributed by atoms with E-state index in [4.69, 9.17) is 13.6 Å². The van der Waals surface area contributed by atoms with Crippen molar-refractivity contribution >= 4 is 15.0 Å². The van der Waals surface area contributed by atoms with Gasteiger partial charge in [0.25, 0.3) is 0 Å². The van der Waals surface area contributed by atoms with Gasteiger partial charge >= 0.3 is 7.60 Å². The molecule has 0 fully saturated rings. The molecule has 0 saturated carbocycles. The van der Waals surface area contributed by atoms with E-state index >= 15 is 0 Å². The lowest BCUT2D eigenvalue weighted by atomic mass is 9.84. The molecule has 2 unspecified atom stereocenters. The van der Waals surface area contributed by atoms with Crippen LogP contribution < -0.4 is 9.05 Å². The van der Waals surface area contributed by atoms with Gasteiger partial charge in [-0.15, -0.1) is 0 Å². The van der Waals surface area contributed by atoms with Gasteiger partial charge < -0.3 is 9.05 Å². The minimum Gasteiger partial charge on any atom is -0.443 e. The van der Waals surface area contributed by atoms with Crippen LogP contribution in [0, 0.1) is 0 Å². The Kier molecular flexibility index (Phi) is 9.93. The van der Waals surface area contributed by atoms with E-state index in [0.29, 0.717) is 18.1 Å². The van der Waals surface area contributed by atoms with Crippen LogP contribution in [0.1, 0.15) is 82.8 Å². The number of hydrogen-bond donors (Lipinski definition) is 0. The predicted octanol–water partition coefficient (Wildman–Crippen LogP) is 8.18. The highest BCUT2D eigenvalue weighted by Crippen LogP contribution is 2.52. The lowest BCUT2D eigenvalue weighted by Gasteiger charge is -2.27. The summed E-state index contributed by atoms with van der Waals surface area (Å²) in [6.45, 7) is 11.4. The monoisotopic (exact) mass is 470 g/mol. The fourth-order valence-electron chi connectivity index (χ4n) is 3.93. The summed E-state index contributed by atoms with van der Waals surface area (Å²) in [6, 6.07) is 3.99. The van der Waals surface area contributed by atoms with Gasteiger partial charge in [-0.3, -0.25) is 9.09 Å². The maximum absolute atomic E-state index is 13.1. The summed E-state index contributed by atoms with van der Waals surface area (Å²) in [5.74, 6) is 1.19. The van der Waals surface area contributed by atoms with E-state index < -0.39 is 15.0 Å². The molecule has 176 valence electrons. The van der Waals surface area contributed by atoms with Crippen LogP contribution in [0.4, 0.5) is 0 Å². The zero-order chi connectivity index (χ0) is 23.1. The highest BCUT2D eigenvalue weighted by molar-refractivity contribution is 7.57. The Morgan fingerprint density at radius 3 is 2.26 bits per heavy atom. The van der Waals surface area contributed by atoms with Crippen LogP contribution in [0.25, 0.3) is 0 Å². The molecule has 0 spiro atoms. The number of benzene rings is 1. The summed E-state index contributed by atoms with van der Waals surface area (Å²) < 4.78 is 43.3. The van der Waals surface area contributed by atoms with Crippen molar-refractivity contribution in [2.75, 3.05) is 26.6 Å². The van der Waals surface area contributed by atoms with Gasteiger partial charge in [0.2, 0.25) is 7.37 Å². The summed E-state index contributed by atoms with van der Waals surface area (Å²) in [6.07, 6.45) is 10.2. The molecule has 0 radical (unpaired) electrons. The van der Waals surface area contributed by atoms with E-state index in [1.165, 1.54) is 12.2 Å². The molecule has 0 N–H and O–H groups in total. The summed E-state index contributed by atoms with van der Waals surface area (Å²) in [4.78, 5) is 0. The number of rotatable bonds is 12. The molecule has 5 nitrogen and oxygen atoms in total. The molecule has 2 atom stereocenters. The van der Waals surface area contributed by atoms with Crippen LogP contribution >= 0.6 is 15.0 Å². The van der Waals surface area contributed by atoms with Crippen molar-refractivity contribution in [1.29, 1.82) is 0 Å². The Morgan fingerprint density at radius 2 is 1.68 bits per heavy atom. The zero-order valence-electron chi connectivity index (χ0n) is 20.1. The van der Waals surface area contributed by atoms with Crippen molar-refractivity contribution in [2.24, 2.45) is 0 Å². The van der Waals surface area contributed by atoms with E-state index in [2.05, 4.69) is 19.9 Å². The summed E-state index contributed by atoms with van der Waals surface area (Å²) >= 11 is 0. The second-order valence-corrected chi connectivity index (χ2v) is 13.7. The lowest BCUT2D eigenvalue weighted by Crippen LogP contribution is -2.09. The Labute approximate surface area is 188 Å². The molecule has 7 heteroatoms. The summed E-state index contributed by atoms with van der Waals surface area (Å²) in [7, 11) is -6.09. The molecule has 0 amide bonds. The quantitative estimate of drug-likeness (QED) is 0.175. The third-order valence-corrected chi connectivity index (χ3v) is 7.10. The molecular formula is C24H40O5P2. The van der Waals surface area contributed by atoms with Crippen molar-refractivity contribution in [2.45, 2.75) is 78.1 Å². The van der Waals surface area contributed by atoms with E-state index in [0.717, 1.165) is 62.5 Å². The first-order valence-electron chi connectivity index (χ1n) is 11.5. The van der Waals surface area contributed by atoms with Crippen molar-refractivity contribution in [3.63, 3.8) is 0 Å². The molecule has 1 aliphatic rings. The normalized spacial score (nSPS) is 18.9. The zero-order valence-corrected chi connectivity index (χ0v) is 21.9. The highest BCUT2D eigenvalue weighted by Gasteiger charge is 2.29. The first-order chi connectivity index (χ1) is 14.5. The van der Waals surface area contributed by atoms with E-state index in [1.807, 2.05) is 19.1 Å². The first kappa shape index (κ1) is 26.2. The average molecular weight is 471 g/mol. The van der Waals surface area contributed by atoms with Gasteiger partial charge in [0, 0.05) is 31.5 Å². The molecule has 1 aliphatic carbocycles. The average Bonchev–Trinajstić information content (AvgIpc) is 2.65. The largest absolute Gasteiger partial charge is 0.443 e. The van der Waals surface area contributed by atoms with Crippen molar-refractivity contribution in [3.05, 3.63) is 34.9 Å². The van der Waals surface area contributed by atoms with Crippen LogP contribution in [-0.2, 0) is 20.1 Å². The fraction of sp³-hybridized carbons (Fsp3) is 0.667. The molecular weight excluding hydrogens is 430 g/mol. The molecule has 1 aromatic rings. The van der Waals surface area contributed by atoms with Crippen LogP contribution in [0.2, 0.25) is 0 Å². The first-order valence-corrected chi connectivity index (χ1v) is 16.1. The third-order valence-electron chi connectivity index (χ3n) is 5.29. The molecule has 0 aromatic heterocycles. The minimum atomic E-state index is -3.29. The van der Waals surface area contributed by atoms with Crippen LogP contribution in [-0.4, -0.2) is 26.6 Å². The topological polar surface area (TPSA) is 61.8 Å². The molecule has 0 bridgehead atoms. The standard InChI is InChI=1S/C24H40O5P2/c1-7-9-10-13-20-17-22(28-30(4,5)25)24(21-14-11-12-19(3)16-21)23(18-20)29-31(6,26)27-15-8-2/h16-18,21H,7-15H2,1-6H3. The van der Waals surface area contributed by atoms with Crippen LogP contribution in [0.15, 0.2) is 23.8 Å². The summed E-state index contributed by atoms with van der Waals surface area (Å²) in [5, 5.41) is 0. The Hall–Kier alpha value is -1.02. The van der Waals surface area contributed by atoms with Crippen LogP contribution in [0.3, 0.4) is 0 Å². The Bertz CT molecular complexity index is 856. The Balaban J connectivity index is 2.58. The number of allylic oxidation sites excluding steroid dienone is 2. The molecule has 1 aromatic carbocycles. The lowest BCUT2D eigenvalue weighted by molar-refractivity contribution is 0.269. The molecule has 0 saturated heterocycles. The van der Waals surface area contributed by atoms with Crippen molar-refractivity contribution < 1.29 is 22.7 Å². The van der Waals surface area contributed by atoms with E-state index in [9.17, 15) is 9.13 Å². The van der Waals surface area contributed by atoms with Gasteiger partial charge in [0.15, 0.2) is 0 Å². The number of unbranched alkanes of at least 4 members (excludes halogenated alkanes) is 2. The van der Waals surface area contributed by atoms with Gasteiger partial charge in [-0.25, -0.2) is 4.57 Å². The Morgan fingerprint density at radius 1 is 1.00 bits per heavy atom. The summed E-state index contributed by atoms with van der Waals surface area (Å²) in [5.41, 5.74) is 3.20. The van der Waals surface area contributed by atoms with Gasteiger partial charge in [-0.2, -0.15) is 0 Å². The third kappa shape index (κ3) is 8.79. The number of hydrogen-bond acceptors (Lipinski definition) is 5. The molecule has 31 heavy (non-hydrogen) atoms. The second kappa shape index (κ2) is 11.7. The predicted molar refractivity (Wildman–Crippen MR) is 131 cm³/mol. The van der Waals surface area contributed by atoms with E-state index in [1.54, 1.807) is 13.3 Å². The fourth-order valence-corrected chi connectivity index (χ4v) is 5.63. The van der Waals surface area contributed by atoms with Crippen molar-refractivity contribution in [3.8, 4) is 11.5 Å².